The van der Waals surface area contributed by atoms with Gasteiger partial charge in [0.15, 0.2) is 5.60 Å². The molecule has 0 aliphatic rings. The van der Waals surface area contributed by atoms with Gasteiger partial charge in [-0.15, -0.1) is 0 Å². The van der Waals surface area contributed by atoms with E-state index in [9.17, 15) is 33.6 Å². The van der Waals surface area contributed by atoms with E-state index in [-0.39, 0.29) is 12.8 Å². The topological polar surface area (TPSA) is 406 Å². The standard InChI is InChI=1S/C6H14N2O2.C6H8O7.C5H9NO4.C4H9NO3/c7-4-2-1-3-5(8)6(9)10;7-3(8)1-6(13,5(11)12)2-4(9)10;6-3(5(9)10)1-2-4(7)8;1-2(6)3(5)4(7)8/h5H,1-4,7-8H2,(H,9,10);13H,1-2H2,(H,7,8)(H,9,10)(H,11,12);3H,1-2,6H2,(H,7,8)(H,9,10);2-3,6H,5H2,1H3,(H,7,8). The van der Waals surface area contributed by atoms with E-state index >= 15 is 0 Å². The minimum absolute atomic E-state index is 0.0231. The molecule has 0 heterocycles. The maximum atomic E-state index is 10.3. The number of nitrogens with two attached hydrogens (primary N) is 4. The Kier molecular flexibility index (Phi) is 25.7. The van der Waals surface area contributed by atoms with Gasteiger partial charge in [0, 0.05) is 6.42 Å². The lowest BCUT2D eigenvalue weighted by molar-refractivity contribution is -0.170. The molecule has 0 aliphatic carbocycles. The molecule has 240 valence electrons. The molecule has 0 aromatic carbocycles. The summed E-state index contributed by atoms with van der Waals surface area (Å²) >= 11 is 0. The van der Waals surface area contributed by atoms with Crippen LogP contribution in [0.15, 0.2) is 0 Å². The molecule has 0 rings (SSSR count). The van der Waals surface area contributed by atoms with Gasteiger partial charge in [-0.3, -0.25) is 28.8 Å². The molecular weight excluding hydrogens is 564 g/mol. The molecule has 17 N–H and O–H groups in total. The van der Waals surface area contributed by atoms with Crippen molar-refractivity contribution in [2.45, 2.75) is 81.7 Å². The summed E-state index contributed by atoms with van der Waals surface area (Å²) in [4.78, 5) is 70.3. The second-order valence-electron chi connectivity index (χ2n) is 8.19. The van der Waals surface area contributed by atoms with Crippen LogP contribution < -0.4 is 22.9 Å². The van der Waals surface area contributed by atoms with Gasteiger partial charge < -0.3 is 68.9 Å². The Hall–Kier alpha value is -3.95. The maximum absolute atomic E-state index is 10.3. The Morgan fingerprint density at radius 1 is 0.659 bits per heavy atom. The van der Waals surface area contributed by atoms with E-state index in [2.05, 4.69) is 0 Å². The molecule has 0 bridgehead atoms. The number of unbranched alkanes of at least 4 members (excludes halogenated alkanes) is 1. The van der Waals surface area contributed by atoms with Crippen LogP contribution in [0.25, 0.3) is 0 Å². The van der Waals surface area contributed by atoms with Gasteiger partial charge in [0.1, 0.15) is 18.1 Å². The summed E-state index contributed by atoms with van der Waals surface area (Å²) in [6.07, 6.45) is -1.33. The summed E-state index contributed by atoms with van der Waals surface area (Å²) in [7, 11) is 0. The first-order valence-electron chi connectivity index (χ1n) is 11.5. The van der Waals surface area contributed by atoms with Gasteiger partial charge in [-0.2, -0.15) is 0 Å². The second-order valence-corrected chi connectivity index (χ2v) is 8.19. The molecule has 41 heavy (non-hydrogen) atoms. The normalized spacial score (nSPS) is 13.0. The van der Waals surface area contributed by atoms with Crippen molar-refractivity contribution in [3.05, 3.63) is 0 Å². The quantitative estimate of drug-likeness (QED) is 0.0754. The van der Waals surface area contributed by atoms with Crippen LogP contribution in [0.2, 0.25) is 0 Å². The van der Waals surface area contributed by atoms with Crippen molar-refractivity contribution in [1.82, 2.24) is 0 Å². The lowest BCUT2D eigenvalue weighted by Crippen LogP contribution is -2.42. The third-order valence-electron chi connectivity index (χ3n) is 4.36. The van der Waals surface area contributed by atoms with Crippen molar-refractivity contribution in [3.63, 3.8) is 0 Å². The van der Waals surface area contributed by atoms with Crippen LogP contribution in [0.1, 0.15) is 51.9 Å². The summed E-state index contributed by atoms with van der Waals surface area (Å²) in [5.74, 6) is -9.33. The summed E-state index contributed by atoms with van der Waals surface area (Å²) in [6.45, 7) is 1.94. The maximum Gasteiger partial charge on any atom is 0.336 e. The first-order valence-corrected chi connectivity index (χ1v) is 11.5. The molecule has 0 spiro atoms. The van der Waals surface area contributed by atoms with Gasteiger partial charge in [0.05, 0.1) is 18.9 Å². The Labute approximate surface area is 233 Å². The zero-order valence-corrected chi connectivity index (χ0v) is 22.2. The largest absolute Gasteiger partial charge is 0.481 e. The molecule has 20 heteroatoms. The van der Waals surface area contributed by atoms with Crippen LogP contribution in [0.4, 0.5) is 0 Å². The van der Waals surface area contributed by atoms with Crippen LogP contribution in [-0.4, -0.2) is 124 Å². The highest BCUT2D eigenvalue weighted by molar-refractivity contribution is 5.88. The molecule has 0 aliphatic heterocycles. The van der Waals surface area contributed by atoms with E-state index < -0.39 is 84.5 Å². The average molecular weight is 605 g/mol. The Morgan fingerprint density at radius 3 is 1.27 bits per heavy atom. The van der Waals surface area contributed by atoms with Gasteiger partial charge in [-0.25, -0.2) is 4.79 Å². The minimum Gasteiger partial charge on any atom is -0.481 e. The second kappa shape index (κ2) is 23.9. The fourth-order valence-electron chi connectivity index (χ4n) is 1.95. The van der Waals surface area contributed by atoms with Crippen LogP contribution in [0.5, 0.6) is 0 Å². The first kappa shape index (κ1) is 44.1. The molecule has 0 radical (unpaired) electrons. The van der Waals surface area contributed by atoms with E-state index in [0.717, 1.165) is 12.8 Å². The van der Waals surface area contributed by atoms with E-state index in [4.69, 9.17) is 68.9 Å². The van der Waals surface area contributed by atoms with Gasteiger partial charge >= 0.3 is 41.8 Å². The number of rotatable bonds is 16. The van der Waals surface area contributed by atoms with E-state index in [1.165, 1.54) is 6.92 Å². The van der Waals surface area contributed by atoms with Crippen molar-refractivity contribution < 1.29 is 79.5 Å². The number of carboxylic acids is 7. The van der Waals surface area contributed by atoms with Crippen molar-refractivity contribution in [2.24, 2.45) is 22.9 Å². The molecule has 0 aromatic heterocycles. The highest BCUT2D eigenvalue weighted by Crippen LogP contribution is 2.15. The number of carboxylic acid groups (broad SMARTS) is 7. The van der Waals surface area contributed by atoms with Crippen LogP contribution >= 0.6 is 0 Å². The first-order chi connectivity index (χ1) is 18.5. The molecule has 0 saturated carbocycles. The molecule has 4 atom stereocenters. The molecule has 0 aromatic rings. The van der Waals surface area contributed by atoms with Crippen LogP contribution in [0.3, 0.4) is 0 Å². The third-order valence-corrected chi connectivity index (χ3v) is 4.36. The average Bonchev–Trinajstić information content (AvgIpc) is 2.81. The summed E-state index contributed by atoms with van der Waals surface area (Å²) in [5.41, 5.74) is 17.6. The van der Waals surface area contributed by atoms with Crippen molar-refractivity contribution >= 4 is 41.8 Å². The number of hydrogen-bond acceptors (Lipinski definition) is 13. The highest BCUT2D eigenvalue weighted by atomic mass is 16.4. The van der Waals surface area contributed by atoms with Gasteiger partial charge in [-0.05, 0) is 32.7 Å². The number of aliphatic hydroxyl groups is 2. The monoisotopic (exact) mass is 604 g/mol. The predicted molar refractivity (Wildman–Crippen MR) is 135 cm³/mol. The molecule has 0 fully saturated rings. The molecule has 4 unspecified atom stereocenters. The summed E-state index contributed by atoms with van der Waals surface area (Å²) < 4.78 is 0. The number of aliphatic hydroxyl groups excluding tert-OH is 1. The van der Waals surface area contributed by atoms with Crippen molar-refractivity contribution in [2.75, 3.05) is 6.54 Å². The molecular formula is C21H40N4O16. The zero-order valence-electron chi connectivity index (χ0n) is 22.2. The number of aliphatic carboxylic acids is 7. The predicted octanol–water partition coefficient (Wildman–Crippen LogP) is -3.68. The van der Waals surface area contributed by atoms with E-state index in [1.807, 2.05) is 0 Å². The highest BCUT2D eigenvalue weighted by Gasteiger charge is 2.40. The van der Waals surface area contributed by atoms with Crippen LogP contribution in [-0.2, 0) is 33.6 Å². The number of carbonyl (C=O) groups is 7. The van der Waals surface area contributed by atoms with Gasteiger partial charge in [-0.1, -0.05) is 6.42 Å². The third kappa shape index (κ3) is 28.9. The van der Waals surface area contributed by atoms with Crippen molar-refractivity contribution in [3.8, 4) is 0 Å². The lowest BCUT2D eigenvalue weighted by atomic mass is 9.96. The SMILES string of the molecule is CC(O)C(N)C(=O)O.NC(CCC(=O)O)C(=O)O.NCCCCC(N)C(=O)O.O=C(O)CC(O)(CC(=O)O)C(=O)O. The smallest absolute Gasteiger partial charge is 0.336 e. The van der Waals surface area contributed by atoms with Gasteiger partial charge in [0.2, 0.25) is 0 Å². The van der Waals surface area contributed by atoms with Crippen LogP contribution in [0, 0.1) is 0 Å². The fourth-order valence-corrected chi connectivity index (χ4v) is 1.95. The van der Waals surface area contributed by atoms with Gasteiger partial charge in [0.25, 0.3) is 0 Å². The summed E-state index contributed by atoms with van der Waals surface area (Å²) in [6, 6.07) is -2.93. The minimum atomic E-state index is -2.74. The Balaban J connectivity index is -0.000000226. The number of hydrogen-bond donors (Lipinski definition) is 13. The lowest BCUT2D eigenvalue weighted by Gasteiger charge is -2.18. The zero-order chi connectivity index (χ0) is 33.5. The molecule has 0 saturated heterocycles. The van der Waals surface area contributed by atoms with Crippen molar-refractivity contribution in [1.29, 1.82) is 0 Å². The summed E-state index contributed by atoms with van der Waals surface area (Å²) in [5, 5.41) is 75.0. The fraction of sp³-hybridized carbons (Fsp3) is 0.667. The molecule has 0 amide bonds. The Morgan fingerprint density at radius 2 is 1.05 bits per heavy atom. The van der Waals surface area contributed by atoms with E-state index in [0.29, 0.717) is 13.0 Å². The molecule has 20 nitrogen and oxygen atoms in total. The van der Waals surface area contributed by atoms with E-state index in [1.54, 1.807) is 0 Å². The Bertz CT molecular complexity index is 835.